The first-order valence-electron chi connectivity index (χ1n) is 8.24. The molecule has 4 nitrogen and oxygen atoms in total. The van der Waals surface area contributed by atoms with Gasteiger partial charge in [-0.15, -0.1) is 0 Å². The van der Waals surface area contributed by atoms with Gasteiger partial charge < -0.3 is 4.74 Å². The van der Waals surface area contributed by atoms with Crippen LogP contribution in [0.2, 0.25) is 0 Å². The standard InChI is InChI=1S/C20H21NO3/c1-13-8-19-10-14(2)11-20(19,9-13)18(23)21(17(19)22)12-15-4-6-16(24-3)7-5-15/h4-7H,1-2,8-12H2,3H3. The van der Waals surface area contributed by atoms with Crippen molar-refractivity contribution in [2.75, 3.05) is 7.11 Å². The molecule has 1 heterocycles. The van der Waals surface area contributed by atoms with Gasteiger partial charge in [0.05, 0.1) is 24.5 Å². The number of hydrogen-bond donors (Lipinski definition) is 0. The van der Waals surface area contributed by atoms with Crippen LogP contribution in [0.4, 0.5) is 0 Å². The molecular weight excluding hydrogens is 302 g/mol. The van der Waals surface area contributed by atoms with E-state index in [1.165, 1.54) is 4.90 Å². The van der Waals surface area contributed by atoms with Gasteiger partial charge in [-0.25, -0.2) is 0 Å². The van der Waals surface area contributed by atoms with Gasteiger partial charge in [0.15, 0.2) is 0 Å². The van der Waals surface area contributed by atoms with E-state index in [1.807, 2.05) is 24.3 Å². The zero-order valence-electron chi connectivity index (χ0n) is 13.9. The minimum atomic E-state index is -0.620. The summed E-state index contributed by atoms with van der Waals surface area (Å²) in [5.74, 6) is 0.678. The van der Waals surface area contributed by atoms with Crippen LogP contribution in [-0.4, -0.2) is 23.8 Å². The van der Waals surface area contributed by atoms with E-state index < -0.39 is 10.8 Å². The Bertz CT molecular complexity index is 717. The fourth-order valence-corrected chi connectivity index (χ4v) is 5.01. The Labute approximate surface area is 141 Å². The zero-order chi connectivity index (χ0) is 17.1. The normalized spacial score (nSPS) is 31.6. The lowest BCUT2D eigenvalue weighted by Crippen LogP contribution is -2.35. The summed E-state index contributed by atoms with van der Waals surface area (Å²) >= 11 is 0. The maximum absolute atomic E-state index is 13.2. The SMILES string of the molecule is C=C1CC23CC(=C)CC2(C1)C(=O)N(Cc1ccc(OC)cc1)C3=O. The van der Waals surface area contributed by atoms with Crippen molar-refractivity contribution >= 4 is 11.8 Å². The van der Waals surface area contributed by atoms with Gasteiger partial charge in [-0.2, -0.15) is 0 Å². The van der Waals surface area contributed by atoms with Crippen molar-refractivity contribution < 1.29 is 14.3 Å². The fourth-order valence-electron chi connectivity index (χ4n) is 5.01. The molecule has 2 aliphatic carbocycles. The van der Waals surface area contributed by atoms with E-state index in [0.29, 0.717) is 32.2 Å². The van der Waals surface area contributed by atoms with Gasteiger partial charge >= 0.3 is 0 Å². The van der Waals surface area contributed by atoms with Crippen LogP contribution in [-0.2, 0) is 16.1 Å². The van der Waals surface area contributed by atoms with E-state index in [4.69, 9.17) is 4.74 Å². The Kier molecular flexibility index (Phi) is 3.05. The van der Waals surface area contributed by atoms with Crippen LogP contribution in [0.3, 0.4) is 0 Å². The first kappa shape index (κ1) is 15.2. The third kappa shape index (κ3) is 1.74. The number of amides is 2. The number of carbonyl (C=O) groups excluding carboxylic acids is 2. The molecule has 1 saturated heterocycles. The molecule has 1 aromatic rings. The van der Waals surface area contributed by atoms with Crippen LogP contribution >= 0.6 is 0 Å². The number of nitrogens with zero attached hydrogens (tertiary/aromatic N) is 1. The van der Waals surface area contributed by atoms with Crippen LogP contribution in [0.1, 0.15) is 31.2 Å². The minimum absolute atomic E-state index is 0.0411. The summed E-state index contributed by atoms with van der Waals surface area (Å²) < 4.78 is 5.16. The molecule has 0 N–H and O–H groups in total. The number of rotatable bonds is 3. The van der Waals surface area contributed by atoms with Crippen LogP contribution < -0.4 is 4.74 Å². The highest BCUT2D eigenvalue weighted by molar-refractivity contribution is 6.11. The summed E-state index contributed by atoms with van der Waals surface area (Å²) in [6, 6.07) is 7.50. The second-order valence-electron chi connectivity index (χ2n) is 7.42. The quantitative estimate of drug-likeness (QED) is 0.634. The smallest absolute Gasteiger partial charge is 0.237 e. The van der Waals surface area contributed by atoms with Crippen molar-refractivity contribution in [1.29, 1.82) is 0 Å². The maximum Gasteiger partial charge on any atom is 0.237 e. The van der Waals surface area contributed by atoms with E-state index in [9.17, 15) is 9.59 Å². The molecule has 24 heavy (non-hydrogen) atoms. The molecule has 0 bridgehead atoms. The van der Waals surface area contributed by atoms with Crippen molar-refractivity contribution in [2.24, 2.45) is 10.8 Å². The van der Waals surface area contributed by atoms with Crippen molar-refractivity contribution in [3.05, 3.63) is 54.1 Å². The Morgan fingerprint density at radius 1 is 0.958 bits per heavy atom. The first-order chi connectivity index (χ1) is 11.4. The third-order valence-corrected chi connectivity index (χ3v) is 5.93. The number of benzene rings is 1. The predicted molar refractivity (Wildman–Crippen MR) is 90.2 cm³/mol. The average Bonchev–Trinajstić information content (AvgIpc) is 3.04. The summed E-state index contributed by atoms with van der Waals surface area (Å²) in [4.78, 5) is 27.9. The summed E-state index contributed by atoms with van der Waals surface area (Å²) in [5.41, 5.74) is 1.73. The van der Waals surface area contributed by atoms with E-state index in [1.54, 1.807) is 7.11 Å². The van der Waals surface area contributed by atoms with E-state index in [0.717, 1.165) is 22.5 Å². The number of imide groups is 1. The minimum Gasteiger partial charge on any atom is -0.497 e. The highest BCUT2D eigenvalue weighted by Gasteiger charge is 2.74. The van der Waals surface area contributed by atoms with Crippen LogP contribution in [0.5, 0.6) is 5.75 Å². The van der Waals surface area contributed by atoms with Crippen LogP contribution in [0.25, 0.3) is 0 Å². The van der Waals surface area contributed by atoms with Crippen molar-refractivity contribution in [3.8, 4) is 5.75 Å². The molecule has 124 valence electrons. The lowest BCUT2D eigenvalue weighted by atomic mass is 9.70. The predicted octanol–water partition coefficient (Wildman–Crippen LogP) is 3.24. The lowest BCUT2D eigenvalue weighted by molar-refractivity contribution is -0.143. The largest absolute Gasteiger partial charge is 0.497 e. The number of methoxy groups -OCH3 is 1. The monoisotopic (exact) mass is 323 g/mol. The van der Waals surface area contributed by atoms with Gasteiger partial charge in [0.1, 0.15) is 5.75 Å². The molecule has 4 rings (SSSR count). The molecule has 1 aromatic carbocycles. The molecule has 3 aliphatic rings. The molecule has 2 saturated carbocycles. The van der Waals surface area contributed by atoms with E-state index in [2.05, 4.69) is 13.2 Å². The molecule has 0 aromatic heterocycles. The van der Waals surface area contributed by atoms with Gasteiger partial charge in [0.2, 0.25) is 11.8 Å². The van der Waals surface area contributed by atoms with E-state index >= 15 is 0 Å². The number of allylic oxidation sites excluding steroid dienone is 2. The van der Waals surface area contributed by atoms with Crippen LogP contribution in [0, 0.1) is 10.8 Å². The molecule has 0 atom stereocenters. The van der Waals surface area contributed by atoms with Crippen molar-refractivity contribution in [1.82, 2.24) is 4.90 Å². The van der Waals surface area contributed by atoms with Gasteiger partial charge in [-0.3, -0.25) is 14.5 Å². The summed E-state index contributed by atoms with van der Waals surface area (Å²) in [5, 5.41) is 0. The zero-order valence-corrected chi connectivity index (χ0v) is 13.9. The Hall–Kier alpha value is -2.36. The molecule has 0 unspecified atom stereocenters. The van der Waals surface area contributed by atoms with Gasteiger partial charge in [0, 0.05) is 0 Å². The summed E-state index contributed by atoms with van der Waals surface area (Å²) in [7, 11) is 1.61. The molecular formula is C20H21NO3. The maximum atomic E-state index is 13.2. The van der Waals surface area contributed by atoms with Crippen LogP contribution in [0.15, 0.2) is 48.6 Å². The van der Waals surface area contributed by atoms with E-state index in [-0.39, 0.29) is 11.8 Å². The van der Waals surface area contributed by atoms with Crippen molar-refractivity contribution in [3.63, 3.8) is 0 Å². The fraction of sp³-hybridized carbons (Fsp3) is 0.400. The molecule has 3 fully saturated rings. The van der Waals surface area contributed by atoms with Crippen molar-refractivity contribution in [2.45, 2.75) is 32.2 Å². The highest BCUT2D eigenvalue weighted by Crippen LogP contribution is 2.70. The number of likely N-dealkylation sites (tertiary alicyclic amines) is 1. The highest BCUT2D eigenvalue weighted by atomic mass is 16.5. The topological polar surface area (TPSA) is 46.6 Å². The third-order valence-electron chi connectivity index (χ3n) is 5.93. The number of carbonyl (C=O) groups is 2. The summed E-state index contributed by atoms with van der Waals surface area (Å²) in [6.45, 7) is 8.45. The molecule has 2 amide bonds. The number of hydrogen-bond acceptors (Lipinski definition) is 3. The summed E-state index contributed by atoms with van der Waals surface area (Å²) in [6.07, 6.45) is 2.48. The Balaban J connectivity index is 1.68. The first-order valence-corrected chi connectivity index (χ1v) is 8.24. The van der Waals surface area contributed by atoms with Gasteiger partial charge in [0.25, 0.3) is 0 Å². The Morgan fingerprint density at radius 2 is 1.42 bits per heavy atom. The average molecular weight is 323 g/mol. The molecule has 0 radical (unpaired) electrons. The van der Waals surface area contributed by atoms with Gasteiger partial charge in [-0.1, -0.05) is 36.4 Å². The van der Waals surface area contributed by atoms with Gasteiger partial charge in [-0.05, 0) is 43.4 Å². The second-order valence-corrected chi connectivity index (χ2v) is 7.42. The molecule has 1 aliphatic heterocycles. The Morgan fingerprint density at radius 3 is 1.83 bits per heavy atom. The molecule has 4 heteroatoms. The second kappa shape index (κ2) is 4.82. The molecule has 0 spiro atoms. The number of ether oxygens (including phenoxy) is 1. The lowest BCUT2D eigenvalue weighted by Gasteiger charge is -2.26.